The van der Waals surface area contributed by atoms with E-state index in [2.05, 4.69) is 32.7 Å². The van der Waals surface area contributed by atoms with Gasteiger partial charge in [-0.2, -0.15) is 4.98 Å². The van der Waals surface area contributed by atoms with Gasteiger partial charge < -0.3 is 14.7 Å². The molecular weight excluding hydrogens is 357 g/mol. The molecule has 2 N–H and O–H groups in total. The Morgan fingerprint density at radius 1 is 1.26 bits per heavy atom. The molecule has 0 saturated carbocycles. The summed E-state index contributed by atoms with van der Waals surface area (Å²) in [5.41, 5.74) is 8.22. The number of benzene rings is 1. The monoisotopic (exact) mass is 367 g/mol. The number of halogens is 1. The molecule has 2 aromatic heterocycles. The van der Waals surface area contributed by atoms with Crippen LogP contribution in [-0.2, 0) is 0 Å². The highest BCUT2D eigenvalue weighted by molar-refractivity contribution is 14.1. The van der Waals surface area contributed by atoms with Gasteiger partial charge in [0.25, 0.3) is 5.89 Å². The van der Waals surface area contributed by atoms with Crippen molar-refractivity contribution >= 4 is 28.3 Å². The zero-order chi connectivity index (χ0) is 13.4. The molecule has 0 atom stereocenters. The quantitative estimate of drug-likeness (QED) is 0.554. The maximum absolute atomic E-state index is 5.92. The first-order valence-corrected chi connectivity index (χ1v) is 6.66. The van der Waals surface area contributed by atoms with Crippen molar-refractivity contribution in [1.82, 2.24) is 10.1 Å². The lowest BCUT2D eigenvalue weighted by molar-refractivity contribution is 0.429. The third-order valence-corrected chi connectivity index (χ3v) is 3.41. The molecule has 0 unspecified atom stereocenters. The van der Waals surface area contributed by atoms with Crippen LogP contribution in [0.15, 0.2) is 39.5 Å². The van der Waals surface area contributed by atoms with Crippen LogP contribution in [0, 0.1) is 10.5 Å². The Bertz CT molecular complexity index is 733. The number of aryl methyl sites for hydroxylation is 1. The average molecular weight is 367 g/mol. The minimum atomic E-state index is 0.391. The Balaban J connectivity index is 2.06. The molecular formula is C13H10IN3O2. The zero-order valence-corrected chi connectivity index (χ0v) is 12.2. The molecule has 0 bridgehead atoms. The van der Waals surface area contributed by atoms with E-state index in [-0.39, 0.29) is 0 Å². The van der Waals surface area contributed by atoms with E-state index in [1.807, 2.05) is 31.2 Å². The van der Waals surface area contributed by atoms with Crippen LogP contribution in [0.25, 0.3) is 23.0 Å². The lowest BCUT2D eigenvalue weighted by atomic mass is 10.2. The van der Waals surface area contributed by atoms with Crippen molar-refractivity contribution in [2.24, 2.45) is 0 Å². The van der Waals surface area contributed by atoms with Crippen molar-refractivity contribution in [1.29, 1.82) is 0 Å². The Hall–Kier alpha value is -1.83. The molecule has 19 heavy (non-hydrogen) atoms. The Morgan fingerprint density at radius 3 is 2.84 bits per heavy atom. The molecule has 0 aliphatic heterocycles. The molecule has 0 aliphatic rings. The van der Waals surface area contributed by atoms with Gasteiger partial charge in [0.15, 0.2) is 5.76 Å². The van der Waals surface area contributed by atoms with E-state index in [1.54, 1.807) is 6.26 Å². The highest BCUT2D eigenvalue weighted by atomic mass is 127. The topological polar surface area (TPSA) is 78.1 Å². The first-order valence-electron chi connectivity index (χ1n) is 5.59. The van der Waals surface area contributed by atoms with E-state index in [9.17, 15) is 0 Å². The summed E-state index contributed by atoms with van der Waals surface area (Å²) in [6, 6.07) is 7.50. The molecule has 0 saturated heterocycles. The van der Waals surface area contributed by atoms with E-state index < -0.39 is 0 Å². The summed E-state index contributed by atoms with van der Waals surface area (Å²) >= 11 is 2.21. The number of anilines is 1. The fraction of sp³-hybridized carbons (Fsp3) is 0.0769. The summed E-state index contributed by atoms with van der Waals surface area (Å²) in [4.78, 5) is 4.33. The first kappa shape index (κ1) is 12.2. The van der Waals surface area contributed by atoms with Gasteiger partial charge in [-0.15, -0.1) is 0 Å². The second-order valence-electron chi connectivity index (χ2n) is 4.09. The number of hydrogen-bond donors (Lipinski definition) is 1. The van der Waals surface area contributed by atoms with Gasteiger partial charge in [-0.3, -0.25) is 0 Å². The van der Waals surface area contributed by atoms with Crippen LogP contribution in [0.3, 0.4) is 0 Å². The molecule has 5 nitrogen and oxygen atoms in total. The molecule has 0 aliphatic carbocycles. The third-order valence-electron chi connectivity index (χ3n) is 2.74. The second-order valence-corrected chi connectivity index (χ2v) is 5.33. The highest BCUT2D eigenvalue weighted by Crippen LogP contribution is 2.29. The number of aromatic nitrogens is 2. The minimum absolute atomic E-state index is 0.391. The predicted octanol–water partition coefficient (Wildman–Crippen LogP) is 3.49. The van der Waals surface area contributed by atoms with Crippen molar-refractivity contribution < 1.29 is 8.94 Å². The van der Waals surface area contributed by atoms with Crippen LogP contribution in [0.1, 0.15) is 5.56 Å². The average Bonchev–Trinajstić information content (AvgIpc) is 3.00. The van der Waals surface area contributed by atoms with Gasteiger partial charge in [0, 0.05) is 9.26 Å². The second kappa shape index (κ2) is 4.69. The summed E-state index contributed by atoms with van der Waals surface area (Å²) < 4.78 is 11.6. The van der Waals surface area contributed by atoms with Crippen molar-refractivity contribution in [3.63, 3.8) is 0 Å². The molecule has 0 spiro atoms. The van der Waals surface area contributed by atoms with Crippen LogP contribution in [0.2, 0.25) is 0 Å². The van der Waals surface area contributed by atoms with Crippen LogP contribution in [0.5, 0.6) is 0 Å². The van der Waals surface area contributed by atoms with Crippen molar-refractivity contribution in [2.45, 2.75) is 6.92 Å². The van der Waals surface area contributed by atoms with Gasteiger partial charge in [-0.05, 0) is 59.3 Å². The summed E-state index contributed by atoms with van der Waals surface area (Å²) in [6.45, 7) is 1.93. The number of furan rings is 1. The molecule has 0 radical (unpaired) electrons. The highest BCUT2D eigenvalue weighted by Gasteiger charge is 2.16. The van der Waals surface area contributed by atoms with Gasteiger partial charge in [0.2, 0.25) is 5.82 Å². The lowest BCUT2D eigenvalue weighted by Crippen LogP contribution is -1.91. The van der Waals surface area contributed by atoms with E-state index in [0.29, 0.717) is 23.2 Å². The number of hydrogen-bond acceptors (Lipinski definition) is 5. The molecule has 3 rings (SSSR count). The maximum atomic E-state index is 5.92. The van der Waals surface area contributed by atoms with Gasteiger partial charge in [-0.25, -0.2) is 0 Å². The van der Waals surface area contributed by atoms with Crippen LogP contribution < -0.4 is 5.73 Å². The van der Waals surface area contributed by atoms with Gasteiger partial charge in [-0.1, -0.05) is 5.16 Å². The molecule has 0 amide bonds. The van der Waals surface area contributed by atoms with E-state index >= 15 is 0 Å². The fourth-order valence-corrected chi connectivity index (χ4v) is 2.23. The van der Waals surface area contributed by atoms with E-state index in [1.165, 1.54) is 0 Å². The summed E-state index contributed by atoms with van der Waals surface area (Å²) in [7, 11) is 0. The fourth-order valence-electron chi connectivity index (χ4n) is 1.74. The van der Waals surface area contributed by atoms with Crippen molar-refractivity contribution in [3.8, 4) is 23.0 Å². The Labute approximate surface area is 122 Å². The Kier molecular flexibility index (Phi) is 3.02. The van der Waals surface area contributed by atoms with Gasteiger partial charge in [0.05, 0.1) is 11.8 Å². The normalized spacial score (nSPS) is 10.8. The molecule has 96 valence electrons. The molecule has 2 heterocycles. The smallest absolute Gasteiger partial charge is 0.260 e. The zero-order valence-electron chi connectivity index (χ0n) is 10.1. The summed E-state index contributed by atoms with van der Waals surface area (Å²) in [6.07, 6.45) is 1.60. The molecule has 6 heteroatoms. The van der Waals surface area contributed by atoms with Crippen molar-refractivity contribution in [2.75, 3.05) is 5.73 Å². The molecule has 1 aromatic carbocycles. The molecule has 0 fully saturated rings. The van der Waals surface area contributed by atoms with Gasteiger partial charge in [0.1, 0.15) is 0 Å². The van der Waals surface area contributed by atoms with E-state index in [0.717, 1.165) is 14.7 Å². The number of nitrogens with two attached hydrogens (primary N) is 1. The molecule has 3 aromatic rings. The van der Waals surface area contributed by atoms with E-state index in [4.69, 9.17) is 14.7 Å². The van der Waals surface area contributed by atoms with Crippen LogP contribution in [-0.4, -0.2) is 10.1 Å². The maximum Gasteiger partial charge on any atom is 0.260 e. The SMILES string of the molecule is Cc1ccoc1-c1noc(-c2cc(I)ccc2N)n1. The summed E-state index contributed by atoms with van der Waals surface area (Å²) in [5, 5.41) is 3.93. The van der Waals surface area contributed by atoms with Gasteiger partial charge >= 0.3 is 0 Å². The first-order chi connectivity index (χ1) is 9.15. The third kappa shape index (κ3) is 2.23. The number of rotatable bonds is 2. The largest absolute Gasteiger partial charge is 0.461 e. The lowest BCUT2D eigenvalue weighted by Gasteiger charge is -2.00. The number of nitrogen functional groups attached to an aromatic ring is 1. The van der Waals surface area contributed by atoms with Crippen molar-refractivity contribution in [3.05, 3.63) is 39.7 Å². The van der Waals surface area contributed by atoms with Crippen LogP contribution in [0.4, 0.5) is 5.69 Å². The standard InChI is InChI=1S/C13H10IN3O2/c1-7-4-5-18-11(7)12-16-13(19-17-12)9-6-8(14)2-3-10(9)15/h2-6H,15H2,1H3. The Morgan fingerprint density at radius 2 is 2.11 bits per heavy atom. The minimum Gasteiger partial charge on any atom is -0.461 e. The predicted molar refractivity (Wildman–Crippen MR) is 79.3 cm³/mol. The number of nitrogens with zero attached hydrogens (tertiary/aromatic N) is 2. The summed E-state index contributed by atoms with van der Waals surface area (Å²) in [5.74, 6) is 1.43. The van der Waals surface area contributed by atoms with Crippen LogP contribution >= 0.6 is 22.6 Å².